The van der Waals surface area contributed by atoms with Crippen LogP contribution in [0, 0.1) is 6.92 Å². The molecule has 0 aliphatic carbocycles. The van der Waals surface area contributed by atoms with Crippen LogP contribution in [0.1, 0.15) is 28.8 Å². The molecule has 3 aliphatic rings. The Balaban J connectivity index is 1.55. The second-order valence-electron chi connectivity index (χ2n) is 6.86. The molecule has 6 heteroatoms. The number of rotatable bonds is 1. The molecule has 0 spiro atoms. The topological polar surface area (TPSA) is 60.9 Å². The average molecular weight is 327 g/mol. The molecule has 3 saturated heterocycles. The third-order valence-electron chi connectivity index (χ3n) is 5.32. The maximum atomic E-state index is 12.7. The molecule has 1 aromatic carbocycles. The van der Waals surface area contributed by atoms with Gasteiger partial charge in [-0.15, -0.1) is 0 Å². The van der Waals surface area contributed by atoms with Crippen molar-refractivity contribution in [3.8, 4) is 0 Å². The Morgan fingerprint density at radius 3 is 2.58 bits per heavy atom. The summed E-state index contributed by atoms with van der Waals surface area (Å²) in [6.45, 7) is 3.82. The van der Waals surface area contributed by atoms with Gasteiger partial charge in [-0.3, -0.25) is 14.4 Å². The standard InChI is InChI=1S/C18H21N3O3/c1-12-4-2-5-13(10-12)16(22)19-8-9-21-15(11-19)18(24)20-7-3-6-14(20)17(21)23/h2,4-5,10,14-15H,3,6-9,11H2,1H3/t14-,15+/m0/s1. The fourth-order valence-corrected chi connectivity index (χ4v) is 4.07. The Morgan fingerprint density at radius 1 is 1.04 bits per heavy atom. The molecule has 0 unspecified atom stereocenters. The van der Waals surface area contributed by atoms with Crippen LogP contribution in [0.3, 0.4) is 0 Å². The zero-order valence-electron chi connectivity index (χ0n) is 13.8. The number of carbonyl (C=O) groups excluding carboxylic acids is 3. The van der Waals surface area contributed by atoms with Gasteiger partial charge in [0.1, 0.15) is 12.1 Å². The Bertz CT molecular complexity index is 717. The van der Waals surface area contributed by atoms with Crippen LogP contribution in [0.5, 0.6) is 0 Å². The molecule has 126 valence electrons. The summed E-state index contributed by atoms with van der Waals surface area (Å²) in [5.74, 6) is -0.0132. The zero-order valence-corrected chi connectivity index (χ0v) is 13.8. The van der Waals surface area contributed by atoms with Gasteiger partial charge in [-0.25, -0.2) is 0 Å². The molecule has 0 aromatic heterocycles. The molecule has 2 atom stereocenters. The molecule has 4 rings (SSSR count). The monoisotopic (exact) mass is 327 g/mol. The Morgan fingerprint density at radius 2 is 1.79 bits per heavy atom. The summed E-state index contributed by atoms with van der Waals surface area (Å²) in [6.07, 6.45) is 1.65. The van der Waals surface area contributed by atoms with Gasteiger partial charge in [-0.1, -0.05) is 17.7 Å². The molecule has 3 aliphatic heterocycles. The summed E-state index contributed by atoms with van der Waals surface area (Å²) in [5, 5.41) is 0. The van der Waals surface area contributed by atoms with Crippen molar-refractivity contribution >= 4 is 17.7 Å². The lowest BCUT2D eigenvalue weighted by Gasteiger charge is -2.47. The van der Waals surface area contributed by atoms with Crippen LogP contribution < -0.4 is 0 Å². The van der Waals surface area contributed by atoms with Crippen LogP contribution in [0.4, 0.5) is 0 Å². The number of amides is 3. The van der Waals surface area contributed by atoms with Crippen LogP contribution in [-0.4, -0.2) is 70.7 Å². The summed E-state index contributed by atoms with van der Waals surface area (Å²) < 4.78 is 0. The van der Waals surface area contributed by atoms with E-state index in [9.17, 15) is 14.4 Å². The quantitative estimate of drug-likeness (QED) is 0.761. The molecule has 3 amide bonds. The molecule has 1 aromatic rings. The maximum absolute atomic E-state index is 12.7. The van der Waals surface area contributed by atoms with E-state index in [-0.39, 0.29) is 23.8 Å². The molecular formula is C18H21N3O3. The first-order chi connectivity index (χ1) is 11.6. The first kappa shape index (κ1) is 15.2. The largest absolute Gasteiger partial charge is 0.334 e. The summed E-state index contributed by atoms with van der Waals surface area (Å²) in [4.78, 5) is 43.2. The zero-order chi connectivity index (χ0) is 16.8. The van der Waals surface area contributed by atoms with Crippen LogP contribution in [0.2, 0.25) is 0 Å². The average Bonchev–Trinajstić information content (AvgIpc) is 3.09. The van der Waals surface area contributed by atoms with Crippen molar-refractivity contribution in [1.29, 1.82) is 0 Å². The lowest BCUT2D eigenvalue weighted by molar-refractivity contribution is -0.162. The van der Waals surface area contributed by atoms with Crippen molar-refractivity contribution < 1.29 is 14.4 Å². The molecule has 0 N–H and O–H groups in total. The minimum Gasteiger partial charge on any atom is -0.334 e. The van der Waals surface area contributed by atoms with E-state index in [2.05, 4.69) is 0 Å². The predicted molar refractivity (Wildman–Crippen MR) is 87.3 cm³/mol. The summed E-state index contributed by atoms with van der Waals surface area (Å²) in [5.41, 5.74) is 1.67. The minimum absolute atomic E-state index is 0.00107. The third-order valence-corrected chi connectivity index (χ3v) is 5.32. The van der Waals surface area contributed by atoms with E-state index in [0.29, 0.717) is 31.7 Å². The van der Waals surface area contributed by atoms with Crippen molar-refractivity contribution in [1.82, 2.24) is 14.7 Å². The SMILES string of the molecule is Cc1cccc(C(=O)N2CCN3C(=O)[C@@H]4CCCN4C(=O)[C@H]3C2)c1. The van der Waals surface area contributed by atoms with E-state index < -0.39 is 6.04 Å². The van der Waals surface area contributed by atoms with Crippen molar-refractivity contribution in [3.63, 3.8) is 0 Å². The summed E-state index contributed by atoms with van der Waals surface area (Å²) >= 11 is 0. The van der Waals surface area contributed by atoms with E-state index in [1.807, 2.05) is 25.1 Å². The smallest absolute Gasteiger partial charge is 0.254 e. The Hall–Kier alpha value is -2.37. The highest BCUT2D eigenvalue weighted by molar-refractivity contribution is 5.99. The van der Waals surface area contributed by atoms with E-state index in [1.54, 1.807) is 20.8 Å². The van der Waals surface area contributed by atoms with Crippen molar-refractivity contribution in [2.45, 2.75) is 31.8 Å². The lowest BCUT2D eigenvalue weighted by atomic mass is 10.0. The van der Waals surface area contributed by atoms with Crippen LogP contribution in [0.25, 0.3) is 0 Å². The molecule has 0 saturated carbocycles. The number of piperazine rings is 2. The number of hydrogen-bond donors (Lipinski definition) is 0. The minimum atomic E-state index is -0.519. The van der Waals surface area contributed by atoms with Crippen LogP contribution in [0.15, 0.2) is 24.3 Å². The predicted octanol–water partition coefficient (Wildman–Crippen LogP) is 0.653. The van der Waals surface area contributed by atoms with Crippen LogP contribution in [-0.2, 0) is 9.59 Å². The van der Waals surface area contributed by atoms with Crippen molar-refractivity contribution in [2.24, 2.45) is 0 Å². The van der Waals surface area contributed by atoms with Gasteiger partial charge in [0.2, 0.25) is 11.8 Å². The van der Waals surface area contributed by atoms with E-state index in [1.165, 1.54) is 0 Å². The fraction of sp³-hybridized carbons (Fsp3) is 0.500. The Labute approximate surface area is 141 Å². The van der Waals surface area contributed by atoms with Gasteiger partial charge in [-0.05, 0) is 31.9 Å². The van der Waals surface area contributed by atoms with Crippen molar-refractivity contribution in [3.05, 3.63) is 35.4 Å². The molecule has 3 heterocycles. The number of nitrogens with zero attached hydrogens (tertiary/aromatic N) is 3. The second-order valence-corrected chi connectivity index (χ2v) is 6.86. The van der Waals surface area contributed by atoms with E-state index >= 15 is 0 Å². The summed E-state index contributed by atoms with van der Waals surface area (Å²) in [7, 11) is 0. The first-order valence-corrected chi connectivity index (χ1v) is 8.53. The van der Waals surface area contributed by atoms with E-state index in [0.717, 1.165) is 18.4 Å². The van der Waals surface area contributed by atoms with Crippen molar-refractivity contribution in [2.75, 3.05) is 26.2 Å². The van der Waals surface area contributed by atoms with Gasteiger partial charge in [0.05, 0.1) is 6.54 Å². The van der Waals surface area contributed by atoms with Gasteiger partial charge < -0.3 is 14.7 Å². The number of benzene rings is 1. The molecule has 0 radical (unpaired) electrons. The molecule has 6 nitrogen and oxygen atoms in total. The van der Waals surface area contributed by atoms with Crippen LogP contribution >= 0.6 is 0 Å². The van der Waals surface area contributed by atoms with Gasteiger partial charge in [0.15, 0.2) is 0 Å². The molecule has 24 heavy (non-hydrogen) atoms. The lowest BCUT2D eigenvalue weighted by Crippen LogP contribution is -2.69. The number of carbonyl (C=O) groups is 3. The normalized spacial score (nSPS) is 26.5. The highest BCUT2D eigenvalue weighted by Gasteiger charge is 2.49. The van der Waals surface area contributed by atoms with Gasteiger partial charge >= 0.3 is 0 Å². The number of hydrogen-bond acceptors (Lipinski definition) is 3. The van der Waals surface area contributed by atoms with E-state index in [4.69, 9.17) is 0 Å². The highest BCUT2D eigenvalue weighted by Crippen LogP contribution is 2.29. The third kappa shape index (κ3) is 2.28. The Kier molecular flexibility index (Phi) is 3.55. The van der Waals surface area contributed by atoms with Gasteiger partial charge in [-0.2, -0.15) is 0 Å². The maximum Gasteiger partial charge on any atom is 0.254 e. The number of fused-ring (bicyclic) bond motifs is 2. The fourth-order valence-electron chi connectivity index (χ4n) is 4.07. The molecule has 3 fully saturated rings. The first-order valence-electron chi connectivity index (χ1n) is 8.53. The van der Waals surface area contributed by atoms with Gasteiger partial charge in [0, 0.05) is 25.2 Å². The second kappa shape index (κ2) is 5.61. The summed E-state index contributed by atoms with van der Waals surface area (Å²) in [6, 6.07) is 6.68. The van der Waals surface area contributed by atoms with Gasteiger partial charge in [0.25, 0.3) is 5.91 Å². The molecular weight excluding hydrogens is 306 g/mol. The molecule has 0 bridgehead atoms. The highest BCUT2D eigenvalue weighted by atomic mass is 16.2. The number of aryl methyl sites for hydroxylation is 1.